The predicted molar refractivity (Wildman–Crippen MR) is 116 cm³/mol. The summed E-state index contributed by atoms with van der Waals surface area (Å²) in [7, 11) is 1.73. The van der Waals surface area contributed by atoms with E-state index < -0.39 is 0 Å². The number of aromatic nitrogens is 1. The van der Waals surface area contributed by atoms with Gasteiger partial charge < -0.3 is 24.3 Å². The highest BCUT2D eigenvalue weighted by Gasteiger charge is 2.24. The van der Waals surface area contributed by atoms with E-state index in [0.717, 1.165) is 56.2 Å². The van der Waals surface area contributed by atoms with E-state index in [1.165, 1.54) is 18.4 Å². The monoisotopic (exact) mass is 397 g/mol. The van der Waals surface area contributed by atoms with Crippen molar-refractivity contribution in [2.24, 2.45) is 0 Å². The highest BCUT2D eigenvalue weighted by atomic mass is 16.5. The second-order valence-corrected chi connectivity index (χ2v) is 7.90. The molecule has 6 nitrogen and oxygen atoms in total. The Kier molecular flexibility index (Phi) is 6.39. The molecule has 2 aliphatic rings. The van der Waals surface area contributed by atoms with Gasteiger partial charge in [-0.3, -0.25) is 4.79 Å². The van der Waals surface area contributed by atoms with Gasteiger partial charge in [0.25, 0.3) is 5.56 Å². The topological polar surface area (TPSA) is 57.8 Å². The zero-order chi connectivity index (χ0) is 20.1. The summed E-state index contributed by atoms with van der Waals surface area (Å²) in [5.74, 6) is 1.87. The van der Waals surface area contributed by atoms with Crippen LogP contribution in [0.15, 0.2) is 41.2 Å². The summed E-state index contributed by atoms with van der Waals surface area (Å²) in [6.07, 6.45) is 5.61. The fourth-order valence-corrected chi connectivity index (χ4v) is 4.51. The maximum Gasteiger partial charge on any atom is 0.251 e. The first-order valence-electron chi connectivity index (χ1n) is 10.7. The molecule has 29 heavy (non-hydrogen) atoms. The van der Waals surface area contributed by atoms with Gasteiger partial charge in [-0.15, -0.1) is 0 Å². The van der Waals surface area contributed by atoms with Crippen LogP contribution in [-0.4, -0.2) is 51.0 Å². The molecule has 156 valence electrons. The van der Waals surface area contributed by atoms with E-state index >= 15 is 0 Å². The summed E-state index contributed by atoms with van der Waals surface area (Å²) in [4.78, 5) is 20.3. The molecule has 2 saturated heterocycles. The largest absolute Gasteiger partial charge is 0.496 e. The molecule has 3 heterocycles. The summed E-state index contributed by atoms with van der Waals surface area (Å²) in [5, 5.41) is 0. The van der Waals surface area contributed by atoms with Gasteiger partial charge in [0.1, 0.15) is 11.6 Å². The first-order chi connectivity index (χ1) is 14.2. The number of ether oxygens (including phenoxy) is 2. The maximum atomic E-state index is 12.5. The number of morpholine rings is 1. The number of anilines is 2. The zero-order valence-electron chi connectivity index (χ0n) is 17.2. The average molecular weight is 398 g/mol. The molecule has 0 bridgehead atoms. The van der Waals surface area contributed by atoms with Crippen LogP contribution < -0.4 is 20.1 Å². The van der Waals surface area contributed by atoms with E-state index in [-0.39, 0.29) is 5.56 Å². The first-order valence-corrected chi connectivity index (χ1v) is 10.7. The van der Waals surface area contributed by atoms with Crippen molar-refractivity contribution in [1.82, 2.24) is 4.98 Å². The smallest absolute Gasteiger partial charge is 0.251 e. The van der Waals surface area contributed by atoms with Gasteiger partial charge in [0.05, 0.1) is 20.3 Å². The number of benzene rings is 1. The second-order valence-electron chi connectivity index (χ2n) is 7.90. The molecule has 1 aromatic heterocycles. The normalized spacial score (nSPS) is 20.4. The van der Waals surface area contributed by atoms with Gasteiger partial charge in [0, 0.05) is 43.5 Å². The van der Waals surface area contributed by atoms with Gasteiger partial charge in [-0.2, -0.15) is 0 Å². The first kappa shape index (κ1) is 19.8. The maximum absolute atomic E-state index is 12.5. The van der Waals surface area contributed by atoms with E-state index in [4.69, 9.17) is 9.47 Å². The number of rotatable bonds is 5. The highest BCUT2D eigenvalue weighted by Crippen LogP contribution is 2.29. The van der Waals surface area contributed by atoms with Crippen LogP contribution >= 0.6 is 0 Å². The SMILES string of the molecule is COc1ccccc1C[C@H]1CCCCCN1c1cc(N2CCOCC2)cc(=O)[nH]1. The fourth-order valence-electron chi connectivity index (χ4n) is 4.51. The molecular weight excluding hydrogens is 366 g/mol. The van der Waals surface area contributed by atoms with Gasteiger partial charge in [-0.1, -0.05) is 31.0 Å². The molecular formula is C23H31N3O3. The third-order valence-corrected chi connectivity index (χ3v) is 6.03. The zero-order valence-corrected chi connectivity index (χ0v) is 17.2. The standard InChI is InChI=1S/C23H31N3O3/c1-28-21-9-5-4-7-18(21)15-19-8-3-2-6-10-26(19)22-16-20(17-23(27)24-22)25-11-13-29-14-12-25/h4-5,7,9,16-17,19H,2-3,6,8,10-15H2,1H3,(H,24,27)/t19-/m1/s1. The summed E-state index contributed by atoms with van der Waals surface area (Å²) in [5.41, 5.74) is 2.18. The lowest BCUT2D eigenvalue weighted by Gasteiger charge is -2.34. The van der Waals surface area contributed by atoms with E-state index in [1.807, 2.05) is 12.1 Å². The predicted octanol–water partition coefficient (Wildman–Crippen LogP) is 3.21. The Morgan fingerprint density at radius 2 is 1.93 bits per heavy atom. The van der Waals surface area contributed by atoms with Crippen LogP contribution in [0.3, 0.4) is 0 Å². The molecule has 0 unspecified atom stereocenters. The number of pyridine rings is 1. The van der Waals surface area contributed by atoms with Crippen molar-refractivity contribution >= 4 is 11.5 Å². The molecule has 2 aromatic rings. The van der Waals surface area contributed by atoms with Crippen LogP contribution in [-0.2, 0) is 11.2 Å². The Balaban J connectivity index is 1.63. The van der Waals surface area contributed by atoms with Gasteiger partial charge in [-0.05, 0) is 30.9 Å². The van der Waals surface area contributed by atoms with Gasteiger partial charge in [-0.25, -0.2) is 0 Å². The molecule has 4 rings (SSSR count). The van der Waals surface area contributed by atoms with E-state index in [9.17, 15) is 4.79 Å². The lowest BCUT2D eigenvalue weighted by molar-refractivity contribution is 0.122. The molecule has 1 aromatic carbocycles. The molecule has 1 N–H and O–H groups in total. The fraction of sp³-hybridized carbons (Fsp3) is 0.522. The van der Waals surface area contributed by atoms with E-state index in [0.29, 0.717) is 19.3 Å². The van der Waals surface area contributed by atoms with Crippen molar-refractivity contribution < 1.29 is 9.47 Å². The molecule has 0 saturated carbocycles. The van der Waals surface area contributed by atoms with E-state index in [1.54, 1.807) is 13.2 Å². The summed E-state index contributed by atoms with van der Waals surface area (Å²) >= 11 is 0. The molecule has 6 heteroatoms. The quantitative estimate of drug-likeness (QED) is 0.840. The second kappa shape index (κ2) is 9.35. The molecule has 0 radical (unpaired) electrons. The Morgan fingerprint density at radius 3 is 2.76 bits per heavy atom. The van der Waals surface area contributed by atoms with Crippen molar-refractivity contribution in [2.45, 2.75) is 38.1 Å². The van der Waals surface area contributed by atoms with Crippen molar-refractivity contribution in [2.75, 3.05) is 49.8 Å². The Labute approximate surface area is 172 Å². The molecule has 1 atom stereocenters. The minimum atomic E-state index is -0.0377. The molecule has 0 spiro atoms. The number of H-pyrrole nitrogens is 1. The van der Waals surface area contributed by atoms with Crippen LogP contribution in [0, 0.1) is 0 Å². The number of hydrogen-bond donors (Lipinski definition) is 1. The van der Waals surface area contributed by atoms with Crippen LogP contribution in [0.25, 0.3) is 0 Å². The minimum Gasteiger partial charge on any atom is -0.496 e. The summed E-state index contributed by atoms with van der Waals surface area (Å²) in [6.45, 7) is 4.04. The summed E-state index contributed by atoms with van der Waals surface area (Å²) < 4.78 is 11.1. The van der Waals surface area contributed by atoms with Crippen LogP contribution in [0.4, 0.5) is 11.5 Å². The minimum absolute atomic E-state index is 0.0377. The van der Waals surface area contributed by atoms with Crippen LogP contribution in [0.5, 0.6) is 5.75 Å². The number of nitrogens with one attached hydrogen (secondary N) is 1. The number of nitrogens with zero attached hydrogens (tertiary/aromatic N) is 2. The lowest BCUT2D eigenvalue weighted by atomic mass is 10.00. The Hall–Kier alpha value is -2.47. The number of hydrogen-bond acceptors (Lipinski definition) is 5. The third kappa shape index (κ3) is 4.75. The van der Waals surface area contributed by atoms with Crippen molar-refractivity contribution in [1.29, 1.82) is 0 Å². The Morgan fingerprint density at radius 1 is 1.10 bits per heavy atom. The molecule has 0 aliphatic carbocycles. The Bertz CT molecular complexity index is 860. The summed E-state index contributed by atoms with van der Waals surface area (Å²) in [6, 6.07) is 12.4. The number of para-hydroxylation sites is 1. The lowest BCUT2D eigenvalue weighted by Crippen LogP contribution is -2.39. The van der Waals surface area contributed by atoms with Gasteiger partial charge in [0.15, 0.2) is 0 Å². The molecule has 2 aliphatic heterocycles. The van der Waals surface area contributed by atoms with Crippen molar-refractivity contribution in [3.63, 3.8) is 0 Å². The third-order valence-electron chi connectivity index (χ3n) is 6.03. The van der Waals surface area contributed by atoms with Crippen LogP contribution in [0.2, 0.25) is 0 Å². The highest BCUT2D eigenvalue weighted by molar-refractivity contribution is 5.56. The van der Waals surface area contributed by atoms with Gasteiger partial charge in [0.2, 0.25) is 0 Å². The van der Waals surface area contributed by atoms with Crippen molar-refractivity contribution in [3.05, 3.63) is 52.3 Å². The van der Waals surface area contributed by atoms with Crippen LogP contribution in [0.1, 0.15) is 31.2 Å². The molecule has 2 fully saturated rings. The van der Waals surface area contributed by atoms with Gasteiger partial charge >= 0.3 is 0 Å². The van der Waals surface area contributed by atoms with Crippen molar-refractivity contribution in [3.8, 4) is 5.75 Å². The van der Waals surface area contributed by atoms with E-state index in [2.05, 4.69) is 33.0 Å². The number of aromatic amines is 1. The number of methoxy groups -OCH3 is 1. The average Bonchev–Trinajstić information content (AvgIpc) is 3.00. The molecule has 0 amide bonds.